The monoisotopic (exact) mass is 288 g/mol. The Morgan fingerprint density at radius 2 is 1.95 bits per heavy atom. The van der Waals surface area contributed by atoms with Crippen LogP contribution in [0.25, 0.3) is 0 Å². The van der Waals surface area contributed by atoms with E-state index in [2.05, 4.69) is 0 Å². The summed E-state index contributed by atoms with van der Waals surface area (Å²) >= 11 is 0. The number of fused-ring (bicyclic) bond motifs is 1. The molecule has 0 radical (unpaired) electrons. The predicted octanol–water partition coefficient (Wildman–Crippen LogP) is 1.40. The van der Waals surface area contributed by atoms with E-state index in [1.165, 1.54) is 6.07 Å². The molecule has 0 saturated carbocycles. The van der Waals surface area contributed by atoms with E-state index in [0.29, 0.717) is 0 Å². The van der Waals surface area contributed by atoms with Gasteiger partial charge in [-0.15, -0.1) is 0 Å². The van der Waals surface area contributed by atoms with Gasteiger partial charge in [-0.25, -0.2) is 9.18 Å². The molecule has 1 aromatic rings. The SMILES string of the molecule is O=C(O)C(=O)C1CS(O)(O)c2c(F)cccc2C1=O. The first-order valence-corrected chi connectivity index (χ1v) is 6.83. The molecule has 19 heavy (non-hydrogen) atoms. The molecule has 1 atom stereocenters. The molecule has 0 bridgehead atoms. The van der Waals surface area contributed by atoms with Gasteiger partial charge in [0.05, 0.1) is 5.75 Å². The molecule has 1 aromatic carbocycles. The Balaban J connectivity index is 2.59. The number of Topliss-reactive ketones (excluding diaryl/α,β-unsaturated/α-hetero) is 2. The zero-order chi connectivity index (χ0) is 14.4. The van der Waals surface area contributed by atoms with Crippen LogP contribution < -0.4 is 0 Å². The first-order valence-electron chi connectivity index (χ1n) is 5.11. The van der Waals surface area contributed by atoms with Crippen molar-refractivity contribution in [2.24, 2.45) is 5.92 Å². The fourth-order valence-corrected chi connectivity index (χ4v) is 3.79. The number of ketones is 2. The Kier molecular flexibility index (Phi) is 3.17. The highest BCUT2D eigenvalue weighted by molar-refractivity contribution is 8.24. The largest absolute Gasteiger partial charge is 0.475 e. The lowest BCUT2D eigenvalue weighted by molar-refractivity contribution is -0.150. The number of benzene rings is 1. The number of aliphatic carboxylic acids is 1. The second kappa shape index (κ2) is 4.41. The zero-order valence-corrected chi connectivity index (χ0v) is 10.2. The summed E-state index contributed by atoms with van der Waals surface area (Å²) in [6.45, 7) is 0. The molecular formula is C11H9FO6S. The molecule has 1 unspecified atom stereocenters. The van der Waals surface area contributed by atoms with Crippen molar-refractivity contribution < 1.29 is 33.0 Å². The van der Waals surface area contributed by atoms with E-state index in [1.54, 1.807) is 0 Å². The second-order valence-electron chi connectivity index (χ2n) is 4.04. The van der Waals surface area contributed by atoms with Gasteiger partial charge in [0.1, 0.15) is 16.6 Å². The normalized spacial score (nSPS) is 22.5. The van der Waals surface area contributed by atoms with Crippen LogP contribution in [0.2, 0.25) is 0 Å². The molecule has 1 heterocycles. The van der Waals surface area contributed by atoms with E-state index in [0.717, 1.165) is 12.1 Å². The molecule has 0 spiro atoms. The lowest BCUT2D eigenvalue weighted by atomic mass is 9.94. The fourth-order valence-electron chi connectivity index (χ4n) is 1.96. The minimum absolute atomic E-state index is 0.356. The highest BCUT2D eigenvalue weighted by Crippen LogP contribution is 2.55. The molecule has 1 aliphatic rings. The van der Waals surface area contributed by atoms with Gasteiger partial charge < -0.3 is 5.11 Å². The number of carboxylic acids is 1. The van der Waals surface area contributed by atoms with Crippen LogP contribution in [-0.2, 0) is 9.59 Å². The van der Waals surface area contributed by atoms with Crippen molar-refractivity contribution >= 4 is 28.1 Å². The van der Waals surface area contributed by atoms with Crippen molar-refractivity contribution in [1.82, 2.24) is 0 Å². The van der Waals surface area contributed by atoms with Crippen LogP contribution in [0.15, 0.2) is 23.1 Å². The molecule has 0 amide bonds. The minimum Gasteiger partial charge on any atom is -0.475 e. The first kappa shape index (κ1) is 13.7. The molecule has 6 nitrogen and oxygen atoms in total. The van der Waals surface area contributed by atoms with Crippen molar-refractivity contribution in [2.75, 3.05) is 5.75 Å². The molecule has 0 fully saturated rings. The van der Waals surface area contributed by atoms with Crippen molar-refractivity contribution in [3.8, 4) is 0 Å². The molecule has 0 saturated heterocycles. The predicted molar refractivity (Wildman–Crippen MR) is 62.8 cm³/mol. The van der Waals surface area contributed by atoms with E-state index in [4.69, 9.17) is 5.11 Å². The van der Waals surface area contributed by atoms with E-state index >= 15 is 0 Å². The van der Waals surface area contributed by atoms with E-state index in [1.807, 2.05) is 0 Å². The van der Waals surface area contributed by atoms with Crippen LogP contribution in [0.1, 0.15) is 10.4 Å². The van der Waals surface area contributed by atoms with Crippen LogP contribution in [0.5, 0.6) is 0 Å². The summed E-state index contributed by atoms with van der Waals surface area (Å²) in [7, 11) is -3.71. The van der Waals surface area contributed by atoms with Gasteiger partial charge in [0.15, 0.2) is 5.78 Å². The Morgan fingerprint density at radius 1 is 1.32 bits per heavy atom. The maximum absolute atomic E-state index is 13.6. The number of carbonyl (C=O) groups is 3. The number of hydrogen-bond donors (Lipinski definition) is 3. The summed E-state index contributed by atoms with van der Waals surface area (Å²) in [5.74, 6) is -7.64. The highest BCUT2D eigenvalue weighted by atomic mass is 32.3. The van der Waals surface area contributed by atoms with Gasteiger partial charge in [0.2, 0.25) is 0 Å². The molecular weight excluding hydrogens is 279 g/mol. The van der Waals surface area contributed by atoms with Crippen molar-refractivity contribution in [2.45, 2.75) is 4.90 Å². The molecule has 2 rings (SSSR count). The van der Waals surface area contributed by atoms with Gasteiger partial charge in [-0.2, -0.15) is 10.6 Å². The maximum atomic E-state index is 13.6. The third kappa shape index (κ3) is 2.14. The van der Waals surface area contributed by atoms with Gasteiger partial charge in [-0.05, 0) is 12.1 Å². The van der Waals surface area contributed by atoms with E-state index < -0.39 is 50.5 Å². The number of halogens is 1. The fraction of sp³-hybridized carbons (Fsp3) is 0.182. The standard InChI is InChI=1S/C11H9FO6S/c12-7-3-1-2-5-8(13)6(9(14)11(15)16)4-19(17,18)10(5)7/h1-3,6,17-18H,4H2,(H,15,16). The van der Waals surface area contributed by atoms with Gasteiger partial charge >= 0.3 is 5.97 Å². The average Bonchev–Trinajstić information content (AvgIpc) is 2.32. The van der Waals surface area contributed by atoms with Gasteiger partial charge in [-0.1, -0.05) is 6.07 Å². The minimum atomic E-state index is -3.71. The Morgan fingerprint density at radius 3 is 2.53 bits per heavy atom. The van der Waals surface area contributed by atoms with Crippen LogP contribution in [0.3, 0.4) is 0 Å². The maximum Gasteiger partial charge on any atom is 0.373 e. The van der Waals surface area contributed by atoms with E-state index in [-0.39, 0.29) is 5.56 Å². The van der Waals surface area contributed by atoms with Crippen LogP contribution in [0, 0.1) is 11.7 Å². The van der Waals surface area contributed by atoms with Crippen LogP contribution >= 0.6 is 10.6 Å². The van der Waals surface area contributed by atoms with Crippen molar-refractivity contribution in [3.63, 3.8) is 0 Å². The first-order chi connectivity index (χ1) is 8.75. The van der Waals surface area contributed by atoms with Crippen LogP contribution in [-0.4, -0.2) is 37.5 Å². The molecule has 0 aliphatic carbocycles. The smallest absolute Gasteiger partial charge is 0.373 e. The topological polar surface area (TPSA) is 112 Å². The zero-order valence-electron chi connectivity index (χ0n) is 9.37. The Bertz CT molecular complexity index is 597. The molecule has 8 heteroatoms. The van der Waals surface area contributed by atoms with E-state index in [9.17, 15) is 27.9 Å². The third-order valence-electron chi connectivity index (χ3n) is 2.80. The Labute approximate surface area is 108 Å². The summed E-state index contributed by atoms with van der Waals surface area (Å²) in [4.78, 5) is 33.4. The number of hydrogen-bond acceptors (Lipinski definition) is 5. The highest BCUT2D eigenvalue weighted by Gasteiger charge is 2.44. The lowest BCUT2D eigenvalue weighted by Crippen LogP contribution is -2.38. The van der Waals surface area contributed by atoms with Gasteiger partial charge in [0, 0.05) is 5.56 Å². The Hall–Kier alpha value is -1.77. The number of carboxylic acid groups (broad SMARTS) is 1. The summed E-state index contributed by atoms with van der Waals surface area (Å²) in [5, 5.41) is 8.59. The quantitative estimate of drug-likeness (QED) is 0.560. The summed E-state index contributed by atoms with van der Waals surface area (Å²) in [6.07, 6.45) is 0. The summed E-state index contributed by atoms with van der Waals surface area (Å²) in [6, 6.07) is 3.27. The van der Waals surface area contributed by atoms with Crippen molar-refractivity contribution in [3.05, 3.63) is 29.6 Å². The van der Waals surface area contributed by atoms with Gasteiger partial charge in [-0.3, -0.25) is 18.7 Å². The summed E-state index contributed by atoms with van der Waals surface area (Å²) in [5.41, 5.74) is -0.356. The molecule has 102 valence electrons. The lowest BCUT2D eigenvalue weighted by Gasteiger charge is -2.39. The average molecular weight is 288 g/mol. The van der Waals surface area contributed by atoms with Gasteiger partial charge in [0.25, 0.3) is 5.78 Å². The van der Waals surface area contributed by atoms with Crippen LogP contribution in [0.4, 0.5) is 4.39 Å². The van der Waals surface area contributed by atoms with Crippen molar-refractivity contribution in [1.29, 1.82) is 0 Å². The number of rotatable bonds is 2. The summed E-state index contributed by atoms with van der Waals surface area (Å²) < 4.78 is 33.2. The second-order valence-corrected chi connectivity index (χ2v) is 6.11. The molecule has 3 N–H and O–H groups in total. The molecule has 1 aliphatic heterocycles. The third-order valence-corrected chi connectivity index (χ3v) is 4.67. The molecule has 0 aromatic heterocycles. The number of carbonyl (C=O) groups excluding carboxylic acids is 2.